The summed E-state index contributed by atoms with van der Waals surface area (Å²) < 4.78 is 0.804. The van der Waals surface area contributed by atoms with Gasteiger partial charge in [-0.15, -0.1) is 10.2 Å². The Morgan fingerprint density at radius 1 is 1.29 bits per heavy atom. The number of carbonyl (C=O) groups excluding carboxylic acids is 1. The molecule has 0 aliphatic carbocycles. The number of thioether (sulfide) groups is 1. The Bertz CT molecular complexity index is 687. The van der Waals surface area contributed by atoms with Crippen LogP contribution >= 0.6 is 23.1 Å². The molecule has 0 saturated carbocycles. The second-order valence-electron chi connectivity index (χ2n) is 5.75. The molecule has 24 heavy (non-hydrogen) atoms. The molecule has 7 heteroatoms. The van der Waals surface area contributed by atoms with E-state index in [9.17, 15) is 4.79 Å². The molecule has 2 rings (SSSR count). The van der Waals surface area contributed by atoms with Gasteiger partial charge in [-0.25, -0.2) is 0 Å². The van der Waals surface area contributed by atoms with Crippen molar-refractivity contribution in [2.45, 2.75) is 38.0 Å². The zero-order valence-corrected chi connectivity index (χ0v) is 16.3. The minimum atomic E-state index is 0.132. The number of unbranched alkanes of at least 4 members (excludes halogenated alkanes) is 1. The number of nitrogens with one attached hydrogen (secondary N) is 1. The van der Waals surface area contributed by atoms with Crippen LogP contribution in [0.3, 0.4) is 0 Å². The van der Waals surface area contributed by atoms with Crippen molar-refractivity contribution >= 4 is 39.8 Å². The lowest BCUT2D eigenvalue weighted by atomic mass is 10.1. The summed E-state index contributed by atoms with van der Waals surface area (Å²) in [5.41, 5.74) is 3.50. The molecule has 0 bridgehead atoms. The molecule has 1 N–H and O–H groups in total. The topological polar surface area (TPSA) is 58.1 Å². The van der Waals surface area contributed by atoms with Crippen molar-refractivity contribution in [2.75, 3.05) is 24.7 Å². The maximum absolute atomic E-state index is 12.0. The third-order valence-electron chi connectivity index (χ3n) is 3.76. The molecule has 5 nitrogen and oxygen atoms in total. The van der Waals surface area contributed by atoms with Gasteiger partial charge in [0.2, 0.25) is 11.0 Å². The van der Waals surface area contributed by atoms with E-state index in [2.05, 4.69) is 48.4 Å². The molecule has 0 fully saturated rings. The van der Waals surface area contributed by atoms with Gasteiger partial charge in [0, 0.05) is 19.3 Å². The van der Waals surface area contributed by atoms with Crippen LogP contribution in [-0.2, 0) is 4.79 Å². The van der Waals surface area contributed by atoms with Crippen molar-refractivity contribution in [1.29, 1.82) is 0 Å². The lowest BCUT2D eigenvalue weighted by molar-refractivity contribution is -0.127. The number of hydrogen-bond donors (Lipinski definition) is 1. The van der Waals surface area contributed by atoms with Crippen LogP contribution in [0.5, 0.6) is 0 Å². The molecule has 2 aromatic rings. The zero-order valence-electron chi connectivity index (χ0n) is 14.6. The number of carbonyl (C=O) groups is 1. The van der Waals surface area contributed by atoms with Gasteiger partial charge in [0.05, 0.1) is 5.75 Å². The average molecular weight is 365 g/mol. The highest BCUT2D eigenvalue weighted by atomic mass is 32.2. The summed E-state index contributed by atoms with van der Waals surface area (Å²) in [5.74, 6) is 0.533. The number of hydrogen-bond acceptors (Lipinski definition) is 6. The van der Waals surface area contributed by atoms with E-state index in [4.69, 9.17) is 0 Å². The molecular weight excluding hydrogens is 340 g/mol. The fraction of sp³-hybridized carbons (Fsp3) is 0.471. The second-order valence-corrected chi connectivity index (χ2v) is 7.95. The number of anilines is 2. The molecule has 0 saturated heterocycles. The van der Waals surface area contributed by atoms with Crippen LogP contribution < -0.4 is 5.32 Å². The average Bonchev–Trinajstić information content (AvgIpc) is 3.01. The van der Waals surface area contributed by atoms with Crippen molar-refractivity contribution in [3.63, 3.8) is 0 Å². The van der Waals surface area contributed by atoms with Crippen molar-refractivity contribution in [2.24, 2.45) is 0 Å². The molecule has 1 amide bonds. The van der Waals surface area contributed by atoms with E-state index in [0.717, 1.165) is 34.5 Å². The lowest BCUT2D eigenvalue weighted by Crippen LogP contribution is -2.29. The molecule has 0 aliphatic rings. The Balaban J connectivity index is 1.86. The Kier molecular flexibility index (Phi) is 7.05. The van der Waals surface area contributed by atoms with Gasteiger partial charge in [0.25, 0.3) is 0 Å². The number of nitrogens with zero attached hydrogens (tertiary/aromatic N) is 3. The van der Waals surface area contributed by atoms with Crippen LogP contribution in [0.1, 0.15) is 30.9 Å². The van der Waals surface area contributed by atoms with Gasteiger partial charge >= 0.3 is 0 Å². The second kappa shape index (κ2) is 9.03. The minimum absolute atomic E-state index is 0.132. The summed E-state index contributed by atoms with van der Waals surface area (Å²) >= 11 is 2.91. The van der Waals surface area contributed by atoms with Gasteiger partial charge in [-0.3, -0.25) is 4.79 Å². The van der Waals surface area contributed by atoms with E-state index in [1.54, 1.807) is 4.90 Å². The predicted molar refractivity (Wildman–Crippen MR) is 102 cm³/mol. The molecule has 0 spiro atoms. The van der Waals surface area contributed by atoms with Crippen LogP contribution in [0.25, 0.3) is 0 Å². The zero-order chi connectivity index (χ0) is 17.5. The fourth-order valence-corrected chi connectivity index (χ4v) is 3.73. The van der Waals surface area contributed by atoms with Crippen molar-refractivity contribution in [3.8, 4) is 0 Å². The number of rotatable bonds is 8. The van der Waals surface area contributed by atoms with Crippen LogP contribution in [-0.4, -0.2) is 40.3 Å². The van der Waals surface area contributed by atoms with Gasteiger partial charge < -0.3 is 10.2 Å². The lowest BCUT2D eigenvalue weighted by Gasteiger charge is -2.15. The maximum atomic E-state index is 12.0. The molecule has 0 atom stereocenters. The first-order chi connectivity index (χ1) is 11.5. The Hall–Kier alpha value is -1.60. The first-order valence-corrected chi connectivity index (χ1v) is 9.84. The van der Waals surface area contributed by atoms with Gasteiger partial charge in [0.15, 0.2) is 4.34 Å². The number of aromatic nitrogens is 2. The molecule has 0 radical (unpaired) electrons. The standard InChI is InChI=1S/C17H24N4OS2/c1-5-6-9-21(4)15(22)11-23-17-20-19-16(24-17)18-14-8-7-12(2)13(3)10-14/h7-8,10H,5-6,9,11H2,1-4H3,(H,18,19). The largest absolute Gasteiger partial charge is 0.345 e. The first-order valence-electron chi connectivity index (χ1n) is 8.04. The highest BCUT2D eigenvalue weighted by Crippen LogP contribution is 2.28. The number of amides is 1. The molecule has 1 aromatic heterocycles. The third-order valence-corrected chi connectivity index (χ3v) is 5.71. The maximum Gasteiger partial charge on any atom is 0.232 e. The summed E-state index contributed by atoms with van der Waals surface area (Å²) in [6, 6.07) is 6.21. The monoisotopic (exact) mass is 364 g/mol. The van der Waals surface area contributed by atoms with Gasteiger partial charge in [-0.2, -0.15) is 0 Å². The van der Waals surface area contributed by atoms with Crippen LogP contribution in [0.2, 0.25) is 0 Å². The number of aryl methyl sites for hydroxylation is 2. The normalized spacial score (nSPS) is 10.7. The van der Waals surface area contributed by atoms with Crippen LogP contribution in [0.15, 0.2) is 22.5 Å². The SMILES string of the molecule is CCCCN(C)C(=O)CSc1nnc(Nc2ccc(C)c(C)c2)s1. The molecule has 130 valence electrons. The summed E-state index contributed by atoms with van der Waals surface area (Å²) in [6.45, 7) is 7.11. The van der Waals surface area contributed by atoms with E-state index in [1.165, 1.54) is 34.2 Å². The van der Waals surface area contributed by atoms with Crippen molar-refractivity contribution in [1.82, 2.24) is 15.1 Å². The Morgan fingerprint density at radius 2 is 2.08 bits per heavy atom. The van der Waals surface area contributed by atoms with Crippen LogP contribution in [0.4, 0.5) is 10.8 Å². The van der Waals surface area contributed by atoms with Crippen molar-refractivity contribution in [3.05, 3.63) is 29.3 Å². The predicted octanol–water partition coefficient (Wildman–Crippen LogP) is 4.25. The minimum Gasteiger partial charge on any atom is -0.345 e. The highest BCUT2D eigenvalue weighted by molar-refractivity contribution is 8.01. The summed E-state index contributed by atoms with van der Waals surface area (Å²) in [5, 5.41) is 12.3. The summed E-state index contributed by atoms with van der Waals surface area (Å²) in [6.07, 6.45) is 2.13. The number of benzene rings is 1. The highest BCUT2D eigenvalue weighted by Gasteiger charge is 2.11. The smallest absolute Gasteiger partial charge is 0.232 e. The van der Waals surface area contributed by atoms with E-state index in [0.29, 0.717) is 5.75 Å². The van der Waals surface area contributed by atoms with E-state index >= 15 is 0 Å². The van der Waals surface area contributed by atoms with Gasteiger partial charge in [0.1, 0.15) is 0 Å². The van der Waals surface area contributed by atoms with Gasteiger partial charge in [-0.05, 0) is 43.5 Å². The molecule has 0 aliphatic heterocycles. The molecule has 1 aromatic carbocycles. The quantitative estimate of drug-likeness (QED) is 0.710. The summed E-state index contributed by atoms with van der Waals surface area (Å²) in [4.78, 5) is 13.8. The van der Waals surface area contributed by atoms with E-state index < -0.39 is 0 Å². The van der Waals surface area contributed by atoms with E-state index in [1.807, 2.05) is 13.1 Å². The van der Waals surface area contributed by atoms with Crippen LogP contribution in [0, 0.1) is 13.8 Å². The fourth-order valence-electron chi connectivity index (χ4n) is 2.01. The molecular formula is C17H24N4OS2. The van der Waals surface area contributed by atoms with Gasteiger partial charge in [-0.1, -0.05) is 42.5 Å². The first kappa shape index (κ1) is 18.7. The molecule has 1 heterocycles. The summed E-state index contributed by atoms with van der Waals surface area (Å²) in [7, 11) is 1.85. The molecule has 0 unspecified atom stereocenters. The third kappa shape index (κ3) is 5.49. The Labute approximate surface area is 151 Å². The van der Waals surface area contributed by atoms with Crippen molar-refractivity contribution < 1.29 is 4.79 Å². The van der Waals surface area contributed by atoms with E-state index in [-0.39, 0.29) is 5.91 Å². The Morgan fingerprint density at radius 3 is 2.79 bits per heavy atom.